The third-order valence-corrected chi connectivity index (χ3v) is 8.08. The Hall–Kier alpha value is -3.76. The zero-order valence-corrected chi connectivity index (χ0v) is 24.2. The molecule has 4 rings (SSSR count). The van der Waals surface area contributed by atoms with Gasteiger partial charge >= 0.3 is 12.1 Å². The molecule has 13 heteroatoms. The zero-order valence-electron chi connectivity index (χ0n) is 23.4. The molecule has 2 fully saturated rings. The lowest BCUT2D eigenvalue weighted by Gasteiger charge is -2.48. The van der Waals surface area contributed by atoms with E-state index in [0.29, 0.717) is 44.0 Å². The Kier molecular flexibility index (Phi) is 9.68. The summed E-state index contributed by atoms with van der Waals surface area (Å²) in [7, 11) is 1.50. The number of rotatable bonds is 9. The van der Waals surface area contributed by atoms with Crippen LogP contribution in [0.1, 0.15) is 50.3 Å². The van der Waals surface area contributed by atoms with Crippen molar-refractivity contribution < 1.29 is 32.2 Å². The van der Waals surface area contributed by atoms with Crippen molar-refractivity contribution in [3.63, 3.8) is 0 Å². The minimum Gasteiger partial charge on any atom is -0.490 e. The largest absolute Gasteiger partial charge is 0.490 e. The molecule has 0 radical (unpaired) electrons. The summed E-state index contributed by atoms with van der Waals surface area (Å²) in [4.78, 5) is 32.8. The highest BCUT2D eigenvalue weighted by Crippen LogP contribution is 2.41. The molecule has 0 unspecified atom stereocenters. The van der Waals surface area contributed by atoms with E-state index in [0.717, 1.165) is 37.8 Å². The number of likely N-dealkylation sites (tertiary alicyclic amines) is 1. The number of halogens is 3. The van der Waals surface area contributed by atoms with E-state index in [-0.39, 0.29) is 29.4 Å². The molecule has 42 heavy (non-hydrogen) atoms. The van der Waals surface area contributed by atoms with Crippen LogP contribution in [0.4, 0.5) is 24.5 Å². The van der Waals surface area contributed by atoms with Crippen LogP contribution >= 0.6 is 12.2 Å². The molecule has 0 amide bonds. The molecule has 2 heterocycles. The molecule has 1 aliphatic heterocycles. The van der Waals surface area contributed by atoms with Gasteiger partial charge in [0, 0.05) is 25.8 Å². The highest BCUT2D eigenvalue weighted by molar-refractivity contribution is 7.80. The minimum atomic E-state index is -4.78. The first kappa shape index (κ1) is 31.2. The zero-order chi connectivity index (χ0) is 30.5. The number of pyridine rings is 1. The van der Waals surface area contributed by atoms with Crippen LogP contribution in [-0.2, 0) is 20.5 Å². The van der Waals surface area contributed by atoms with Crippen LogP contribution in [0.5, 0.6) is 5.75 Å². The third-order valence-electron chi connectivity index (χ3n) is 7.62. The first-order valence-electron chi connectivity index (χ1n) is 13.7. The van der Waals surface area contributed by atoms with Crippen LogP contribution in [-0.4, -0.2) is 72.2 Å². The maximum Gasteiger partial charge on any atom is 0.419 e. The number of esters is 1. The molecule has 0 atom stereocenters. The number of alkyl halides is 3. The number of hydrogen-bond acceptors (Lipinski definition) is 8. The van der Waals surface area contributed by atoms with E-state index >= 15 is 0 Å². The number of nitrogens with zero attached hydrogens (tertiary/aromatic N) is 5. The second-order valence-corrected chi connectivity index (χ2v) is 10.7. The van der Waals surface area contributed by atoms with Crippen molar-refractivity contribution in [1.82, 2.24) is 9.88 Å². The molecule has 1 aromatic heterocycles. The van der Waals surface area contributed by atoms with Crippen LogP contribution < -0.4 is 14.5 Å². The van der Waals surface area contributed by atoms with E-state index in [2.05, 4.69) is 4.98 Å². The van der Waals surface area contributed by atoms with Crippen LogP contribution in [0.15, 0.2) is 36.5 Å². The van der Waals surface area contributed by atoms with Gasteiger partial charge in [-0.05, 0) is 81.6 Å². The minimum absolute atomic E-state index is 0.0303. The van der Waals surface area contributed by atoms with E-state index in [9.17, 15) is 22.8 Å². The lowest BCUT2D eigenvalue weighted by atomic mass is 9.76. The van der Waals surface area contributed by atoms with E-state index < -0.39 is 23.0 Å². The molecule has 2 aliphatic rings. The number of ether oxygens (including phenoxy) is 2. The highest BCUT2D eigenvalue weighted by Gasteiger charge is 2.46. The fourth-order valence-electron chi connectivity index (χ4n) is 5.13. The molecule has 0 N–H and O–H groups in total. The van der Waals surface area contributed by atoms with Crippen LogP contribution in [0.25, 0.3) is 0 Å². The molecule has 1 aliphatic carbocycles. The standard InChI is InChI=1S/C29H32F3N5O4S/c1-3-40-26(39)18-36-13-9-23(10-14-36)41-22-7-5-20(6-8-22)37(28(19-38)11-4-12-28)27(42)35(2)21-15-24(29(30,31)32)25(16-33)34-17-21/h5-8,15,17,19,23H,3-4,9-14,18H2,1-2H3. The molecule has 0 spiro atoms. The molecular weight excluding hydrogens is 571 g/mol. The molecule has 1 saturated carbocycles. The lowest BCUT2D eigenvalue weighted by Crippen LogP contribution is -2.60. The van der Waals surface area contributed by atoms with Crippen molar-refractivity contribution in [3.05, 3.63) is 47.8 Å². The monoisotopic (exact) mass is 603 g/mol. The third kappa shape index (κ3) is 6.82. The smallest absolute Gasteiger partial charge is 0.419 e. The number of thiocarbonyl (C=S) groups is 1. The molecule has 1 aromatic carbocycles. The number of carbonyl (C=O) groups excluding carboxylic acids is 2. The van der Waals surface area contributed by atoms with Gasteiger partial charge < -0.3 is 24.1 Å². The summed E-state index contributed by atoms with van der Waals surface area (Å²) in [5.41, 5.74) is -2.21. The van der Waals surface area contributed by atoms with Crippen LogP contribution in [0, 0.1) is 11.3 Å². The molecule has 2 aromatic rings. The number of hydrogen-bond donors (Lipinski definition) is 0. The van der Waals surface area contributed by atoms with Crippen molar-refractivity contribution in [2.24, 2.45) is 0 Å². The molecule has 9 nitrogen and oxygen atoms in total. The Morgan fingerprint density at radius 1 is 1.24 bits per heavy atom. The average molecular weight is 604 g/mol. The Morgan fingerprint density at radius 2 is 1.90 bits per heavy atom. The maximum atomic E-state index is 13.6. The van der Waals surface area contributed by atoms with Gasteiger partial charge in [-0.15, -0.1) is 0 Å². The van der Waals surface area contributed by atoms with Crippen molar-refractivity contribution >= 4 is 41.0 Å². The van der Waals surface area contributed by atoms with Gasteiger partial charge in [-0.25, -0.2) is 4.98 Å². The molecule has 1 saturated heterocycles. The van der Waals surface area contributed by atoms with Gasteiger partial charge in [0.2, 0.25) is 0 Å². The number of aromatic nitrogens is 1. The Balaban J connectivity index is 1.50. The van der Waals surface area contributed by atoms with Crippen molar-refractivity contribution in [2.45, 2.75) is 56.8 Å². The summed E-state index contributed by atoms with van der Waals surface area (Å²) in [5.74, 6) is 0.387. The van der Waals surface area contributed by atoms with E-state index in [1.165, 1.54) is 18.0 Å². The second kappa shape index (κ2) is 13.0. The first-order chi connectivity index (χ1) is 20.0. The van der Waals surface area contributed by atoms with Gasteiger partial charge in [0.25, 0.3) is 0 Å². The average Bonchev–Trinajstić information content (AvgIpc) is 2.95. The highest BCUT2D eigenvalue weighted by atomic mass is 32.1. The van der Waals surface area contributed by atoms with Crippen LogP contribution in [0.2, 0.25) is 0 Å². The molecule has 0 bridgehead atoms. The quantitative estimate of drug-likeness (QED) is 0.227. The fraction of sp³-hybridized carbons (Fsp3) is 0.483. The van der Waals surface area contributed by atoms with Crippen molar-refractivity contribution in [2.75, 3.05) is 43.1 Å². The number of carbonyl (C=O) groups is 2. The maximum absolute atomic E-state index is 13.6. The lowest BCUT2D eigenvalue weighted by molar-refractivity contribution is -0.145. The Morgan fingerprint density at radius 3 is 2.43 bits per heavy atom. The van der Waals surface area contributed by atoms with E-state index in [1.807, 2.05) is 4.90 Å². The predicted octanol–water partition coefficient (Wildman–Crippen LogP) is 4.73. The summed E-state index contributed by atoms with van der Waals surface area (Å²) in [6, 6.07) is 9.40. The van der Waals surface area contributed by atoms with Gasteiger partial charge in [-0.1, -0.05) is 0 Å². The Bertz CT molecular complexity index is 1340. The van der Waals surface area contributed by atoms with Gasteiger partial charge in [0.15, 0.2) is 10.8 Å². The van der Waals surface area contributed by atoms with Gasteiger partial charge in [0.05, 0.1) is 30.6 Å². The summed E-state index contributed by atoms with van der Waals surface area (Å²) in [6.07, 6.45) is 0.543. The first-order valence-corrected chi connectivity index (χ1v) is 14.1. The predicted molar refractivity (Wildman–Crippen MR) is 153 cm³/mol. The molecule has 224 valence electrons. The van der Waals surface area contributed by atoms with Crippen LogP contribution in [0.3, 0.4) is 0 Å². The summed E-state index contributed by atoms with van der Waals surface area (Å²) < 4.78 is 51.9. The van der Waals surface area contributed by atoms with Gasteiger partial charge in [0.1, 0.15) is 29.7 Å². The number of anilines is 2. The molecular formula is C29H32F3N5O4S. The SMILES string of the molecule is CCOC(=O)CN1CCC(Oc2ccc(N(C(=S)N(C)c3cnc(C#N)c(C(F)(F)F)c3)C3(C=O)CCC3)cc2)CC1. The number of benzene rings is 1. The number of aldehydes is 1. The van der Waals surface area contributed by atoms with E-state index in [4.69, 9.17) is 27.0 Å². The number of nitriles is 1. The Labute approximate surface area is 247 Å². The summed E-state index contributed by atoms with van der Waals surface area (Å²) >= 11 is 5.75. The number of piperidine rings is 1. The summed E-state index contributed by atoms with van der Waals surface area (Å²) in [6.45, 7) is 3.80. The van der Waals surface area contributed by atoms with Crippen molar-refractivity contribution in [3.8, 4) is 11.8 Å². The van der Waals surface area contributed by atoms with E-state index in [1.54, 1.807) is 36.1 Å². The second-order valence-electron chi connectivity index (χ2n) is 10.3. The van der Waals surface area contributed by atoms with Gasteiger partial charge in [-0.2, -0.15) is 18.4 Å². The topological polar surface area (TPSA) is 99.0 Å². The van der Waals surface area contributed by atoms with Crippen molar-refractivity contribution in [1.29, 1.82) is 5.26 Å². The van der Waals surface area contributed by atoms with Gasteiger partial charge in [-0.3, -0.25) is 9.69 Å². The summed E-state index contributed by atoms with van der Waals surface area (Å²) in [5, 5.41) is 9.21. The fourth-order valence-corrected chi connectivity index (χ4v) is 5.53. The normalized spacial score (nSPS) is 17.0.